The van der Waals surface area contributed by atoms with Crippen molar-refractivity contribution in [3.05, 3.63) is 173 Å². The summed E-state index contributed by atoms with van der Waals surface area (Å²) in [5.74, 6) is -28.4. The van der Waals surface area contributed by atoms with Gasteiger partial charge in [-0.2, -0.15) is 0 Å². The molecule has 732 valence electrons. The number of para-hydroxylation sites is 1. The van der Waals surface area contributed by atoms with Crippen molar-refractivity contribution in [1.29, 1.82) is 0 Å². The van der Waals surface area contributed by atoms with Crippen LogP contribution in [0.1, 0.15) is 113 Å². The number of aliphatic carboxylic acids is 1. The molecule has 0 saturated carbocycles. The molecule has 0 aliphatic carbocycles. The van der Waals surface area contributed by atoms with Crippen LogP contribution in [0.2, 0.25) is 0 Å². The third-order valence-electron chi connectivity index (χ3n) is 23.7. The number of hydrogen-bond acceptors (Lipinski definition) is 22. The Morgan fingerprint density at radius 2 is 0.978 bits per heavy atom. The second kappa shape index (κ2) is 49.3. The molecule has 9 rings (SSSR count). The Balaban J connectivity index is 1.15. The average Bonchev–Trinajstić information content (AvgIpc) is 1.78. The van der Waals surface area contributed by atoms with E-state index in [1.165, 1.54) is 58.4 Å². The Hall–Kier alpha value is -14.0. The number of amides is 17. The van der Waals surface area contributed by atoms with Crippen molar-refractivity contribution in [3.63, 3.8) is 0 Å². The molecule has 3 saturated heterocycles. The summed E-state index contributed by atoms with van der Waals surface area (Å²) in [6, 6.07) is 5.86. The number of aromatic nitrogens is 1. The van der Waals surface area contributed by atoms with Gasteiger partial charge in [-0.05, 0) is 83.3 Å². The van der Waals surface area contributed by atoms with E-state index >= 15 is 51.9 Å². The third-order valence-corrected chi connectivity index (χ3v) is 24.8. The Kier molecular flexibility index (Phi) is 38.3. The lowest BCUT2D eigenvalue weighted by atomic mass is 9.98. The molecule has 15 atom stereocenters. The maximum Gasteiger partial charge on any atom is 0.305 e. The lowest BCUT2D eigenvalue weighted by molar-refractivity contribution is -0.152. The fraction of sp³-hybridized carbons (Fsp3) is 0.457. The van der Waals surface area contributed by atoms with Crippen LogP contribution < -0.4 is 65.1 Å². The van der Waals surface area contributed by atoms with Crippen molar-refractivity contribution >= 4 is 129 Å². The number of unbranched alkanes of at least 4 members (excludes halogenated alkanes) is 1. The number of likely N-dealkylation sites (N-methyl/N-ethyl adjacent to an activating group) is 3. The molecule has 40 nitrogen and oxygen atoms in total. The number of fused-ring (bicyclic) bond motifs is 3. The quantitative estimate of drug-likeness (QED) is 0.0284. The molecule has 6 aromatic rings. The van der Waals surface area contributed by atoms with Gasteiger partial charge >= 0.3 is 5.97 Å². The van der Waals surface area contributed by atoms with Crippen molar-refractivity contribution in [2.24, 2.45) is 23.1 Å². The number of benzene rings is 5. The number of aliphatic hydroxyl groups is 2. The predicted molar refractivity (Wildman–Crippen MR) is 484 cm³/mol. The maximum atomic E-state index is 15.7. The molecule has 44 heteroatoms. The number of carbonyl (C=O) groups excluding carboxylic acids is 17. The normalized spacial score (nSPS) is 24.3. The molecule has 136 heavy (non-hydrogen) atoms. The number of H-pyrrole nitrogens is 1. The van der Waals surface area contributed by atoms with Gasteiger partial charge in [0.1, 0.15) is 84.3 Å². The number of phenols is 1. The van der Waals surface area contributed by atoms with Gasteiger partial charge in [0, 0.05) is 115 Å². The lowest BCUT2D eigenvalue weighted by Crippen LogP contribution is -2.62. The largest absolute Gasteiger partial charge is 0.508 e. The molecular weight excluding hydrogens is 1800 g/mol. The number of hydrogen-bond donors (Lipinski definition) is 17. The Morgan fingerprint density at radius 1 is 0.493 bits per heavy atom. The minimum Gasteiger partial charge on any atom is -0.508 e. The zero-order valence-corrected chi connectivity index (χ0v) is 76.5. The van der Waals surface area contributed by atoms with Gasteiger partial charge in [-0.25, -0.2) is 13.2 Å². The number of nitrogens with one attached hydrogen (secondary N) is 10. The number of nitrogens with zero attached hydrogens (tertiary/aromatic N) is 5. The van der Waals surface area contributed by atoms with Gasteiger partial charge in [-0.3, -0.25) is 86.3 Å². The molecule has 0 spiro atoms. The van der Waals surface area contributed by atoms with Crippen LogP contribution in [0.25, 0.3) is 10.9 Å². The minimum absolute atomic E-state index is 0.162. The van der Waals surface area contributed by atoms with E-state index in [4.69, 9.17) is 17.2 Å². The number of primary amides is 3. The fourth-order valence-corrected chi connectivity index (χ4v) is 17.2. The van der Waals surface area contributed by atoms with Crippen LogP contribution in [0.5, 0.6) is 5.75 Å². The van der Waals surface area contributed by atoms with Crippen LogP contribution in [0.4, 0.5) is 13.2 Å². The minimum atomic E-state index is -2.08. The van der Waals surface area contributed by atoms with Crippen LogP contribution in [0.3, 0.4) is 0 Å². The van der Waals surface area contributed by atoms with Crippen LogP contribution in [-0.4, -0.2) is 299 Å². The maximum absolute atomic E-state index is 15.7. The second-order valence-corrected chi connectivity index (χ2v) is 35.3. The summed E-state index contributed by atoms with van der Waals surface area (Å²) in [6.07, 6.45) is -8.19. The number of nitrogens with two attached hydrogens (primary N) is 3. The highest BCUT2D eigenvalue weighted by Crippen LogP contribution is 2.29. The van der Waals surface area contributed by atoms with E-state index in [1.807, 2.05) is 0 Å². The second-order valence-electron chi connectivity index (χ2n) is 34.2. The fourth-order valence-electron chi connectivity index (χ4n) is 16.3. The van der Waals surface area contributed by atoms with E-state index in [9.17, 15) is 68.0 Å². The molecule has 0 unspecified atom stereocenters. The van der Waals surface area contributed by atoms with Gasteiger partial charge in [0.05, 0.1) is 30.9 Å². The Labute approximate surface area is 784 Å². The van der Waals surface area contributed by atoms with E-state index in [2.05, 4.69) is 52.8 Å². The van der Waals surface area contributed by atoms with Crippen LogP contribution in [0.15, 0.2) is 128 Å². The molecular formula is C92H115F3N18O22S. The third kappa shape index (κ3) is 29.2. The smallest absolute Gasteiger partial charge is 0.305 e. The summed E-state index contributed by atoms with van der Waals surface area (Å²) in [5.41, 5.74) is 18.3. The first kappa shape index (κ1) is 106. The van der Waals surface area contributed by atoms with E-state index in [0.29, 0.717) is 57.9 Å². The highest BCUT2D eigenvalue weighted by atomic mass is 32.2. The molecule has 20 N–H and O–H groups in total. The van der Waals surface area contributed by atoms with Gasteiger partial charge in [-0.1, -0.05) is 125 Å². The number of aliphatic hydroxyl groups excluding tert-OH is 2. The standard InChI is InChI=1S/C92H115F3N18O22S/c1-7-8-23-68-91(134)113-45-56(116)40-71(113)87(130)106-65(41-77(121)122)84(127)108-79(48(2)3)92(135)110(5)69(36-49-17-11-9-12-18-49)85(128)103-62(29-31-74(97)118)89(132)112-44-55(115)39-70(112)86(129)105-64(38-53-42-99-60-22-16-15-21-57(53)60)83(126)104-63(34-51-24-26-54(114)27-25-51)82(125)102-61(28-30-73(96)117)81(124)107-67(80(123)100-43-75(98)119)46-136-47-76(120)101-66(35-52-32-58(93)78(95)59(94)33-52)88(131)111(6)72(90(133)109(68)4)37-50-19-13-10-14-20-50/h9-22,24-27,32-33,42,48,55-56,61-72,79,99,114-116H,7-8,23,28-31,34-41,43-47H2,1-6H3,(H2,96,117)(H2,97,118)(H2,98,119)(H,100,123)(H,101,120)(H,102,125)(H,103,128)(H,104,126)(H,105,129)(H,106,130)(H,107,124)(H,108,127)(H,121,122)/t55-,56-,61+,62+,63+,64+,65+,66+,67+,68+,69+,70-,71-,72+,79+/m1/s1. The zero-order valence-electron chi connectivity index (χ0n) is 75.7. The number of carbonyl (C=O) groups is 18. The number of aromatic hydroxyl groups is 1. The van der Waals surface area contributed by atoms with Crippen molar-refractivity contribution < 1.29 is 120 Å². The van der Waals surface area contributed by atoms with Crippen molar-refractivity contribution in [2.75, 3.05) is 52.3 Å². The predicted octanol–water partition coefficient (Wildman–Crippen LogP) is -1.71. The van der Waals surface area contributed by atoms with E-state index in [0.717, 1.165) is 31.5 Å². The number of aromatic amines is 1. The number of thioether (sulfide) groups is 1. The zero-order chi connectivity index (χ0) is 99.6. The highest BCUT2D eigenvalue weighted by Gasteiger charge is 2.48. The number of carboxylic acid groups (broad SMARTS) is 1. The summed E-state index contributed by atoms with van der Waals surface area (Å²) in [6.45, 7) is 2.65. The van der Waals surface area contributed by atoms with Crippen LogP contribution in [0, 0.1) is 23.4 Å². The molecule has 17 amide bonds. The number of carboxylic acids is 1. The van der Waals surface area contributed by atoms with Crippen LogP contribution in [-0.2, 0) is 118 Å². The molecule has 3 aliphatic rings. The molecule has 3 aliphatic heterocycles. The molecule has 1 aromatic heterocycles. The first-order valence-electron chi connectivity index (χ1n) is 44.2. The molecule has 3 fully saturated rings. The van der Waals surface area contributed by atoms with Gasteiger partial charge in [0.2, 0.25) is 100 Å². The summed E-state index contributed by atoms with van der Waals surface area (Å²) >= 11 is 0.574. The summed E-state index contributed by atoms with van der Waals surface area (Å²) in [5, 5.41) is 66.6. The number of phenolic OH excluding ortho intramolecular Hbond substituents is 1. The molecule has 0 bridgehead atoms. The van der Waals surface area contributed by atoms with Crippen molar-refractivity contribution in [2.45, 2.75) is 208 Å². The molecule has 0 radical (unpaired) electrons. The van der Waals surface area contributed by atoms with Crippen molar-refractivity contribution in [1.82, 2.24) is 77.3 Å². The van der Waals surface area contributed by atoms with E-state index in [1.54, 1.807) is 91.9 Å². The van der Waals surface area contributed by atoms with Gasteiger partial charge < -0.3 is 115 Å². The van der Waals surface area contributed by atoms with Gasteiger partial charge in [0.25, 0.3) is 0 Å². The topological polar surface area (TPSA) is 607 Å². The Morgan fingerprint density at radius 3 is 1.54 bits per heavy atom. The molecule has 5 aromatic carbocycles. The summed E-state index contributed by atoms with van der Waals surface area (Å²) in [7, 11) is 3.52. The lowest BCUT2D eigenvalue weighted by Gasteiger charge is -2.38. The van der Waals surface area contributed by atoms with E-state index < -0.39 is 321 Å². The number of rotatable bonds is 25. The monoisotopic (exact) mass is 1910 g/mol. The SMILES string of the molecule is CCCC[C@H]1C(=O)N2C[C@H](O)C[C@@H]2C(=O)N[C@@H](CC(=O)O)C(=O)N[C@@H](C(C)C)C(=O)N(C)[C@@H](Cc2ccccc2)C(=O)N[C@@H](CCC(N)=O)C(=O)N2C[C@H](O)C[C@@H]2C(=O)N[C@@H](Cc2c[nH]c3ccccc23)C(=O)N[C@@H](Cc2ccc(O)cc2)C(=O)N[C@@H](CCC(N)=O)C(=O)N[C@H](C(=O)NCC(N)=O)CSCC(=O)N[C@@H](Cc2cc(F)c(F)c(F)c2)C(=O)N(C)[C@@H](Cc2ccccc2)C(=O)N1C. The first-order valence-corrected chi connectivity index (χ1v) is 45.3. The van der Waals surface area contributed by atoms with Gasteiger partial charge in [-0.15, -0.1) is 11.8 Å². The summed E-state index contributed by atoms with van der Waals surface area (Å²) in [4.78, 5) is 270. The first-order chi connectivity index (χ1) is 64.5. The van der Waals surface area contributed by atoms with Crippen molar-refractivity contribution in [3.8, 4) is 5.75 Å². The average molecular weight is 1910 g/mol. The summed E-state index contributed by atoms with van der Waals surface area (Å²) < 4.78 is 45.1. The molecule has 4 heterocycles. The highest BCUT2D eigenvalue weighted by molar-refractivity contribution is 8.00. The van der Waals surface area contributed by atoms with E-state index in [-0.39, 0.29) is 37.0 Å². The number of halogens is 3. The van der Waals surface area contributed by atoms with Crippen LogP contribution >= 0.6 is 11.8 Å². The van der Waals surface area contributed by atoms with Gasteiger partial charge in [0.15, 0.2) is 17.5 Å². The Bertz CT molecular complexity index is 5350.